The van der Waals surface area contributed by atoms with Crippen LogP contribution in [0.4, 0.5) is 0 Å². The highest BCUT2D eigenvalue weighted by Gasteiger charge is 2.51. The number of aromatic nitrogens is 3. The van der Waals surface area contributed by atoms with Crippen molar-refractivity contribution in [2.75, 3.05) is 7.05 Å². The zero-order chi connectivity index (χ0) is 29.6. The summed E-state index contributed by atoms with van der Waals surface area (Å²) in [5.74, 6) is 0.411. The lowest BCUT2D eigenvalue weighted by Gasteiger charge is -2.28. The molecule has 1 fully saturated rings. The molecule has 1 amide bonds. The number of hydrogen-bond donors (Lipinski definition) is 2. The van der Waals surface area contributed by atoms with Crippen LogP contribution in [0.5, 0.6) is 0 Å². The van der Waals surface area contributed by atoms with E-state index in [-0.39, 0.29) is 18.9 Å². The lowest BCUT2D eigenvalue weighted by molar-refractivity contribution is 0.0726. The van der Waals surface area contributed by atoms with Crippen molar-refractivity contribution in [2.45, 2.75) is 76.9 Å². The molecule has 1 saturated carbocycles. The Morgan fingerprint density at radius 1 is 1.32 bits per heavy atom. The lowest BCUT2D eigenvalue weighted by atomic mass is 9.98. The minimum Gasteiger partial charge on any atom is -0.333 e. The quantitative estimate of drug-likeness (QED) is 0.162. The smallest absolute Gasteiger partial charge is 0.254 e. The van der Waals surface area contributed by atoms with Gasteiger partial charge in [-0.05, 0) is 87.4 Å². The van der Waals surface area contributed by atoms with Crippen molar-refractivity contribution in [1.29, 1.82) is 0 Å². The number of aromatic amines is 1. The van der Waals surface area contributed by atoms with Gasteiger partial charge in [0.1, 0.15) is 5.15 Å². The summed E-state index contributed by atoms with van der Waals surface area (Å²) in [7, 11) is 1.85. The number of halogens is 1. The first kappa shape index (κ1) is 30.5. The molecule has 2 aromatic heterocycles. The van der Waals surface area contributed by atoms with Crippen LogP contribution in [0, 0.1) is 6.92 Å². The number of rotatable bonds is 13. The first-order chi connectivity index (χ1) is 19.7. The van der Waals surface area contributed by atoms with E-state index >= 15 is 0 Å². The molecule has 6 nitrogen and oxygen atoms in total. The molecule has 3 unspecified atom stereocenters. The van der Waals surface area contributed by atoms with Gasteiger partial charge in [-0.3, -0.25) is 9.89 Å². The van der Waals surface area contributed by atoms with Crippen LogP contribution in [0.15, 0.2) is 85.1 Å². The molecule has 0 spiro atoms. The van der Waals surface area contributed by atoms with Gasteiger partial charge >= 0.3 is 0 Å². The number of carbonyl (C=O) groups is 1. The molecule has 7 heteroatoms. The second kappa shape index (κ2) is 13.5. The zero-order valence-electron chi connectivity index (χ0n) is 24.8. The number of nitrogens with zero attached hydrogens (tertiary/aromatic N) is 3. The van der Waals surface area contributed by atoms with Gasteiger partial charge in [-0.1, -0.05) is 67.6 Å². The van der Waals surface area contributed by atoms with E-state index in [1.165, 1.54) is 11.1 Å². The third-order valence-electron chi connectivity index (χ3n) is 8.10. The minimum absolute atomic E-state index is 0. The summed E-state index contributed by atoms with van der Waals surface area (Å²) in [5, 5.41) is 11.9. The third kappa shape index (κ3) is 7.63. The fourth-order valence-corrected chi connectivity index (χ4v) is 5.72. The number of H-pyrrole nitrogens is 1. The van der Waals surface area contributed by atoms with E-state index in [0.717, 1.165) is 36.2 Å². The van der Waals surface area contributed by atoms with Gasteiger partial charge in [0.25, 0.3) is 5.91 Å². The molecule has 218 valence electrons. The predicted molar refractivity (Wildman–Crippen MR) is 170 cm³/mol. The van der Waals surface area contributed by atoms with Crippen LogP contribution < -0.4 is 5.32 Å². The third-order valence-corrected chi connectivity index (χ3v) is 8.32. The Hall–Kier alpha value is -3.48. The first-order valence-corrected chi connectivity index (χ1v) is 14.8. The summed E-state index contributed by atoms with van der Waals surface area (Å²) in [6.07, 6.45) is 13.3. The van der Waals surface area contributed by atoms with E-state index in [1.807, 2.05) is 63.5 Å². The Morgan fingerprint density at radius 2 is 2.07 bits per heavy atom. The summed E-state index contributed by atoms with van der Waals surface area (Å²) in [6.45, 7) is 12.3. The van der Waals surface area contributed by atoms with Gasteiger partial charge in [0.2, 0.25) is 0 Å². The summed E-state index contributed by atoms with van der Waals surface area (Å²) in [6, 6.07) is 14.1. The normalized spacial score (nSPS) is 20.1. The van der Waals surface area contributed by atoms with Crippen LogP contribution in [-0.4, -0.2) is 44.6 Å². The number of hydrogen-bond acceptors (Lipinski definition) is 4. The van der Waals surface area contributed by atoms with Crippen molar-refractivity contribution in [3.63, 3.8) is 0 Å². The van der Waals surface area contributed by atoms with E-state index in [9.17, 15) is 4.79 Å². The van der Waals surface area contributed by atoms with Gasteiger partial charge in [-0.25, -0.2) is 4.98 Å². The van der Waals surface area contributed by atoms with Crippen LogP contribution in [-0.2, 0) is 6.42 Å². The Balaban J connectivity index is 0.00000484. The number of aryl methyl sites for hydroxylation is 1. The van der Waals surface area contributed by atoms with E-state index in [1.54, 1.807) is 11.0 Å². The molecule has 0 saturated heterocycles. The van der Waals surface area contributed by atoms with Gasteiger partial charge < -0.3 is 10.2 Å². The standard InChI is InChI=1S/C34H42ClN5O.H2/c1-7-10-24(11-8-2)20-31(30-18-23(4)38-39-30)40(6)33(41)26-14-12-25(13-15-26)19-28(9-3)37-34(5)21-29(34)27-16-17-32(35)36-22-27;/h7-8,10-18,22,28-29,31,37H,1,9,19-21H2,2-6H3,(H,38,39);1H/b11-8-,24-10+;/t28-,29?,31?,34?;/m0./s1. The van der Waals surface area contributed by atoms with Gasteiger partial charge in [0, 0.05) is 43.4 Å². The molecule has 0 aliphatic heterocycles. The Kier molecular flexibility index (Phi) is 10.0. The van der Waals surface area contributed by atoms with Crippen LogP contribution in [0.2, 0.25) is 5.15 Å². The average Bonchev–Trinajstić information content (AvgIpc) is 3.43. The van der Waals surface area contributed by atoms with Gasteiger partial charge in [-0.15, -0.1) is 0 Å². The van der Waals surface area contributed by atoms with Crippen molar-refractivity contribution in [3.05, 3.63) is 118 Å². The van der Waals surface area contributed by atoms with E-state index in [4.69, 9.17) is 11.6 Å². The molecule has 1 aliphatic carbocycles. The number of carbonyl (C=O) groups excluding carboxylic acids is 1. The number of benzene rings is 1. The Labute approximate surface area is 251 Å². The molecule has 4 atom stereocenters. The van der Waals surface area contributed by atoms with E-state index < -0.39 is 0 Å². The molecular weight excluding hydrogens is 530 g/mol. The second-order valence-electron chi connectivity index (χ2n) is 11.3. The molecule has 41 heavy (non-hydrogen) atoms. The highest BCUT2D eigenvalue weighted by molar-refractivity contribution is 6.29. The van der Waals surface area contributed by atoms with Gasteiger partial charge in [0.15, 0.2) is 0 Å². The predicted octanol–water partition coefficient (Wildman–Crippen LogP) is 7.76. The molecular formula is C34H44ClN5O. The largest absolute Gasteiger partial charge is 0.333 e. The second-order valence-corrected chi connectivity index (χ2v) is 11.7. The summed E-state index contributed by atoms with van der Waals surface area (Å²) < 4.78 is 0. The highest BCUT2D eigenvalue weighted by Crippen LogP contribution is 2.51. The zero-order valence-corrected chi connectivity index (χ0v) is 25.6. The molecule has 2 heterocycles. The molecule has 3 aromatic rings. The van der Waals surface area contributed by atoms with Gasteiger partial charge in [-0.2, -0.15) is 5.10 Å². The number of nitrogens with one attached hydrogen (secondary N) is 2. The Morgan fingerprint density at radius 3 is 2.66 bits per heavy atom. The van der Waals surface area contributed by atoms with Crippen LogP contribution in [0.1, 0.15) is 86.3 Å². The number of allylic oxidation sites excluding steroid dienone is 4. The molecule has 4 rings (SSSR count). The molecule has 0 radical (unpaired) electrons. The maximum absolute atomic E-state index is 13.6. The van der Waals surface area contributed by atoms with Crippen molar-refractivity contribution >= 4 is 17.5 Å². The van der Waals surface area contributed by atoms with Crippen LogP contribution in [0.3, 0.4) is 0 Å². The Bertz CT molecular complexity index is 1400. The maximum Gasteiger partial charge on any atom is 0.254 e. The summed E-state index contributed by atoms with van der Waals surface area (Å²) in [4.78, 5) is 19.7. The minimum atomic E-state index is -0.216. The molecule has 2 N–H and O–H groups in total. The highest BCUT2D eigenvalue weighted by atomic mass is 35.5. The summed E-state index contributed by atoms with van der Waals surface area (Å²) in [5.41, 5.74) is 6.05. The first-order valence-electron chi connectivity index (χ1n) is 14.4. The maximum atomic E-state index is 13.6. The monoisotopic (exact) mass is 573 g/mol. The lowest BCUT2D eigenvalue weighted by Crippen LogP contribution is -2.40. The fourth-order valence-electron chi connectivity index (χ4n) is 5.61. The average molecular weight is 574 g/mol. The van der Waals surface area contributed by atoms with Gasteiger partial charge in [0.05, 0.1) is 11.7 Å². The molecule has 1 aliphatic rings. The van der Waals surface area contributed by atoms with E-state index in [0.29, 0.717) is 29.1 Å². The number of pyridine rings is 1. The molecule has 0 bridgehead atoms. The SMILES string of the molecule is C=C/C=C(\C=C/C)CC(c1cc(C)[nH]n1)N(C)C(=O)c1ccc(C[C@H](CC)NC2(C)CC2c2ccc(Cl)nc2)cc1.[HH]. The topological polar surface area (TPSA) is 73.9 Å². The van der Waals surface area contributed by atoms with Crippen LogP contribution >= 0.6 is 11.6 Å². The number of amides is 1. The summed E-state index contributed by atoms with van der Waals surface area (Å²) >= 11 is 5.98. The van der Waals surface area contributed by atoms with E-state index in [2.05, 4.69) is 65.2 Å². The van der Waals surface area contributed by atoms with Crippen molar-refractivity contribution in [2.24, 2.45) is 0 Å². The van der Waals surface area contributed by atoms with Crippen molar-refractivity contribution < 1.29 is 6.22 Å². The fraction of sp³-hybridized carbons (Fsp3) is 0.382. The van der Waals surface area contributed by atoms with Crippen molar-refractivity contribution in [3.8, 4) is 0 Å². The molecule has 1 aromatic carbocycles. The van der Waals surface area contributed by atoms with Crippen molar-refractivity contribution in [1.82, 2.24) is 25.4 Å². The van der Waals surface area contributed by atoms with Crippen LogP contribution in [0.25, 0.3) is 0 Å².